The zero-order valence-corrected chi connectivity index (χ0v) is 16.7. The van der Waals surface area contributed by atoms with E-state index in [9.17, 15) is 4.79 Å². The Labute approximate surface area is 172 Å². The molecule has 0 bridgehead atoms. The van der Waals surface area contributed by atoms with Gasteiger partial charge in [-0.25, -0.2) is 4.79 Å². The van der Waals surface area contributed by atoms with Crippen molar-refractivity contribution in [1.82, 2.24) is 9.97 Å². The van der Waals surface area contributed by atoms with Crippen LogP contribution in [0.1, 0.15) is 5.56 Å². The van der Waals surface area contributed by atoms with E-state index in [1.54, 1.807) is 25.6 Å². The van der Waals surface area contributed by atoms with Gasteiger partial charge in [0.1, 0.15) is 5.75 Å². The highest BCUT2D eigenvalue weighted by atomic mass is 35.5. The van der Waals surface area contributed by atoms with Crippen molar-refractivity contribution in [2.75, 3.05) is 17.7 Å². The standard InChI is InChI=1S/C22H19ClN4O2/c1-13-5-8-19(29-2)18(10-13)26-22(28)27-21-16-11-15(23)6-7-17(16)25-20(21)14-4-3-9-24-12-14/h3-12,25H,1-2H3,(H2,26,27,28). The fourth-order valence-electron chi connectivity index (χ4n) is 3.21. The van der Waals surface area contributed by atoms with Crippen molar-refractivity contribution in [3.05, 3.63) is 71.5 Å². The third kappa shape index (κ3) is 3.88. The molecule has 0 spiro atoms. The number of ether oxygens (including phenoxy) is 1. The number of nitrogens with one attached hydrogen (secondary N) is 3. The second kappa shape index (κ2) is 7.85. The molecule has 2 heterocycles. The zero-order chi connectivity index (χ0) is 20.4. The number of benzene rings is 2. The Morgan fingerprint density at radius 2 is 2.00 bits per heavy atom. The van der Waals surface area contributed by atoms with Crippen LogP contribution >= 0.6 is 11.6 Å². The molecule has 4 aromatic rings. The van der Waals surface area contributed by atoms with Gasteiger partial charge in [0, 0.05) is 33.9 Å². The number of carbonyl (C=O) groups is 1. The number of methoxy groups -OCH3 is 1. The highest BCUT2D eigenvalue weighted by Gasteiger charge is 2.17. The molecule has 0 aliphatic carbocycles. The molecule has 0 fully saturated rings. The van der Waals surface area contributed by atoms with E-state index in [2.05, 4.69) is 20.6 Å². The lowest BCUT2D eigenvalue weighted by atomic mass is 10.1. The van der Waals surface area contributed by atoms with Crippen molar-refractivity contribution in [2.24, 2.45) is 0 Å². The van der Waals surface area contributed by atoms with Gasteiger partial charge in [0.15, 0.2) is 0 Å². The molecule has 6 nitrogen and oxygen atoms in total. The van der Waals surface area contributed by atoms with Crippen LogP contribution in [-0.2, 0) is 0 Å². The number of anilines is 2. The molecule has 2 amide bonds. The van der Waals surface area contributed by atoms with Gasteiger partial charge in [0.05, 0.1) is 24.2 Å². The van der Waals surface area contributed by atoms with E-state index in [0.717, 1.165) is 27.7 Å². The molecular formula is C22H19ClN4O2. The topological polar surface area (TPSA) is 79.0 Å². The minimum atomic E-state index is -0.389. The number of aromatic amines is 1. The van der Waals surface area contributed by atoms with Gasteiger partial charge in [-0.05, 0) is 55.0 Å². The number of pyridine rings is 1. The lowest BCUT2D eigenvalue weighted by molar-refractivity contribution is 0.262. The summed E-state index contributed by atoms with van der Waals surface area (Å²) < 4.78 is 5.34. The summed E-state index contributed by atoms with van der Waals surface area (Å²) in [5, 5.41) is 7.21. The van der Waals surface area contributed by atoms with E-state index in [1.807, 2.05) is 49.4 Å². The number of rotatable bonds is 4. The molecule has 7 heteroatoms. The molecule has 3 N–H and O–H groups in total. The van der Waals surface area contributed by atoms with Crippen molar-refractivity contribution in [2.45, 2.75) is 6.92 Å². The van der Waals surface area contributed by atoms with Crippen LogP contribution in [0.5, 0.6) is 5.75 Å². The molecule has 29 heavy (non-hydrogen) atoms. The fourth-order valence-corrected chi connectivity index (χ4v) is 3.38. The maximum absolute atomic E-state index is 12.8. The highest BCUT2D eigenvalue weighted by molar-refractivity contribution is 6.31. The number of aromatic nitrogens is 2. The highest BCUT2D eigenvalue weighted by Crippen LogP contribution is 2.36. The monoisotopic (exact) mass is 406 g/mol. The van der Waals surface area contributed by atoms with Crippen LogP contribution < -0.4 is 15.4 Å². The number of carbonyl (C=O) groups excluding carboxylic acids is 1. The first-order chi connectivity index (χ1) is 14.0. The molecule has 146 valence electrons. The molecular weight excluding hydrogens is 388 g/mol. The average molecular weight is 407 g/mol. The summed E-state index contributed by atoms with van der Waals surface area (Å²) in [4.78, 5) is 20.4. The van der Waals surface area contributed by atoms with E-state index in [4.69, 9.17) is 16.3 Å². The number of hydrogen-bond donors (Lipinski definition) is 3. The summed E-state index contributed by atoms with van der Waals surface area (Å²) in [5.74, 6) is 0.584. The fraction of sp³-hybridized carbons (Fsp3) is 0.0909. The Hall–Kier alpha value is -3.51. The normalized spacial score (nSPS) is 10.7. The zero-order valence-electron chi connectivity index (χ0n) is 15.9. The summed E-state index contributed by atoms with van der Waals surface area (Å²) in [5.41, 5.74) is 4.68. The summed E-state index contributed by atoms with van der Waals surface area (Å²) in [6.07, 6.45) is 3.44. The first-order valence-electron chi connectivity index (χ1n) is 8.99. The number of fused-ring (bicyclic) bond motifs is 1. The van der Waals surface area contributed by atoms with Gasteiger partial charge in [0.2, 0.25) is 0 Å². The Morgan fingerprint density at radius 1 is 1.14 bits per heavy atom. The molecule has 0 saturated heterocycles. The number of nitrogens with zero attached hydrogens (tertiary/aromatic N) is 1. The number of aryl methyl sites for hydroxylation is 1. The summed E-state index contributed by atoms with van der Waals surface area (Å²) in [6, 6.07) is 14.5. The lowest BCUT2D eigenvalue weighted by Crippen LogP contribution is -2.20. The molecule has 0 aliphatic rings. The van der Waals surface area contributed by atoms with Crippen molar-refractivity contribution in [1.29, 1.82) is 0 Å². The summed E-state index contributed by atoms with van der Waals surface area (Å²) >= 11 is 6.20. The van der Waals surface area contributed by atoms with E-state index in [0.29, 0.717) is 22.1 Å². The van der Waals surface area contributed by atoms with Crippen molar-refractivity contribution in [3.63, 3.8) is 0 Å². The second-order valence-electron chi connectivity index (χ2n) is 6.59. The van der Waals surface area contributed by atoms with Crippen LogP contribution in [-0.4, -0.2) is 23.1 Å². The largest absolute Gasteiger partial charge is 0.495 e. The summed E-state index contributed by atoms with van der Waals surface area (Å²) in [7, 11) is 1.57. The minimum Gasteiger partial charge on any atom is -0.495 e. The predicted octanol–water partition coefficient (Wildman–Crippen LogP) is 5.84. The smallest absolute Gasteiger partial charge is 0.323 e. The van der Waals surface area contributed by atoms with Crippen LogP contribution in [0, 0.1) is 6.92 Å². The molecule has 2 aromatic heterocycles. The third-order valence-electron chi connectivity index (χ3n) is 4.55. The van der Waals surface area contributed by atoms with Crippen LogP contribution in [0.2, 0.25) is 5.02 Å². The predicted molar refractivity (Wildman–Crippen MR) is 117 cm³/mol. The van der Waals surface area contributed by atoms with Gasteiger partial charge >= 0.3 is 6.03 Å². The molecule has 0 atom stereocenters. The van der Waals surface area contributed by atoms with Crippen LogP contribution in [0.15, 0.2) is 60.9 Å². The maximum Gasteiger partial charge on any atom is 0.323 e. The lowest BCUT2D eigenvalue weighted by Gasteiger charge is -2.13. The van der Waals surface area contributed by atoms with Gasteiger partial charge in [-0.15, -0.1) is 0 Å². The first-order valence-corrected chi connectivity index (χ1v) is 9.37. The third-order valence-corrected chi connectivity index (χ3v) is 4.79. The van der Waals surface area contributed by atoms with Crippen LogP contribution in [0.3, 0.4) is 0 Å². The molecule has 4 rings (SSSR count). The maximum atomic E-state index is 12.8. The molecule has 2 aromatic carbocycles. The number of urea groups is 1. The number of hydrogen-bond acceptors (Lipinski definition) is 3. The SMILES string of the molecule is COc1ccc(C)cc1NC(=O)Nc1c(-c2cccnc2)[nH]c2ccc(Cl)cc12. The first kappa shape index (κ1) is 18.8. The Morgan fingerprint density at radius 3 is 2.76 bits per heavy atom. The van der Waals surface area contributed by atoms with E-state index in [1.165, 1.54) is 0 Å². The van der Waals surface area contributed by atoms with E-state index in [-0.39, 0.29) is 6.03 Å². The Bertz CT molecular complexity index is 1190. The number of H-pyrrole nitrogens is 1. The molecule has 0 unspecified atom stereocenters. The van der Waals surface area contributed by atoms with Gasteiger partial charge in [-0.2, -0.15) is 0 Å². The number of amides is 2. The van der Waals surface area contributed by atoms with Gasteiger partial charge in [-0.1, -0.05) is 17.7 Å². The van der Waals surface area contributed by atoms with Crippen molar-refractivity contribution in [3.8, 4) is 17.0 Å². The van der Waals surface area contributed by atoms with E-state index < -0.39 is 0 Å². The van der Waals surface area contributed by atoms with Gasteiger partial charge < -0.3 is 20.4 Å². The second-order valence-corrected chi connectivity index (χ2v) is 7.03. The minimum absolute atomic E-state index is 0.389. The van der Waals surface area contributed by atoms with Crippen LogP contribution in [0.4, 0.5) is 16.2 Å². The van der Waals surface area contributed by atoms with Crippen LogP contribution in [0.25, 0.3) is 22.2 Å². The number of halogens is 1. The Kier molecular flexibility index (Phi) is 5.10. The van der Waals surface area contributed by atoms with Crippen molar-refractivity contribution < 1.29 is 9.53 Å². The summed E-state index contributed by atoms with van der Waals surface area (Å²) in [6.45, 7) is 1.95. The van der Waals surface area contributed by atoms with Crippen molar-refractivity contribution >= 4 is 39.9 Å². The Balaban J connectivity index is 1.72. The van der Waals surface area contributed by atoms with Gasteiger partial charge in [0.25, 0.3) is 0 Å². The molecule has 0 radical (unpaired) electrons. The van der Waals surface area contributed by atoms with Gasteiger partial charge in [-0.3, -0.25) is 4.98 Å². The molecule has 0 aliphatic heterocycles. The quantitative estimate of drug-likeness (QED) is 0.398. The molecule has 0 saturated carbocycles. The van der Waals surface area contributed by atoms with E-state index >= 15 is 0 Å². The average Bonchev–Trinajstić information content (AvgIpc) is 3.06.